The van der Waals surface area contributed by atoms with E-state index >= 15 is 0 Å². The van der Waals surface area contributed by atoms with E-state index in [9.17, 15) is 4.79 Å². The van der Waals surface area contributed by atoms with Crippen LogP contribution in [-0.4, -0.2) is 12.6 Å². The van der Waals surface area contributed by atoms with Gasteiger partial charge in [-0.3, -0.25) is 4.79 Å². The molecule has 2 nitrogen and oxygen atoms in total. The number of hydrogen-bond acceptors (Lipinski definition) is 2. The number of hydrogen-bond donors (Lipinski definition) is 0. The topological polar surface area (TPSA) is 26.3 Å². The third-order valence-corrected chi connectivity index (χ3v) is 3.90. The van der Waals surface area contributed by atoms with Gasteiger partial charge in [0.25, 0.3) is 0 Å². The van der Waals surface area contributed by atoms with Crippen molar-refractivity contribution in [2.45, 2.75) is 57.8 Å². The van der Waals surface area contributed by atoms with E-state index in [1.165, 1.54) is 51.4 Å². The molecule has 2 atom stereocenters. The maximum atomic E-state index is 11.5. The quantitative estimate of drug-likeness (QED) is 0.573. The maximum absolute atomic E-state index is 11.5. The Hall–Kier alpha value is -0.530. The fourth-order valence-electron chi connectivity index (χ4n) is 2.90. The Morgan fingerprint density at radius 3 is 2.20 bits per heavy atom. The monoisotopic (exact) mass is 210 g/mol. The van der Waals surface area contributed by atoms with Gasteiger partial charge in [-0.05, 0) is 12.8 Å². The van der Waals surface area contributed by atoms with Crippen molar-refractivity contribution in [1.29, 1.82) is 0 Å². The number of rotatable bonds is 0. The normalized spacial score (nSPS) is 34.0. The van der Waals surface area contributed by atoms with Gasteiger partial charge in [0.2, 0.25) is 0 Å². The second-order valence-corrected chi connectivity index (χ2v) is 5.05. The highest BCUT2D eigenvalue weighted by Crippen LogP contribution is 2.32. The first kappa shape index (κ1) is 11.0. The molecule has 0 aromatic carbocycles. The van der Waals surface area contributed by atoms with Crippen molar-refractivity contribution >= 4 is 5.97 Å². The molecule has 15 heavy (non-hydrogen) atoms. The molecule has 0 bridgehead atoms. The summed E-state index contributed by atoms with van der Waals surface area (Å²) in [6, 6.07) is 0. The molecule has 1 saturated heterocycles. The van der Waals surface area contributed by atoms with Crippen LogP contribution in [0.1, 0.15) is 57.8 Å². The fraction of sp³-hybridized carbons (Fsp3) is 0.923. The Labute approximate surface area is 92.4 Å². The Morgan fingerprint density at radius 1 is 0.867 bits per heavy atom. The summed E-state index contributed by atoms with van der Waals surface area (Å²) >= 11 is 0. The van der Waals surface area contributed by atoms with Crippen molar-refractivity contribution < 1.29 is 9.53 Å². The van der Waals surface area contributed by atoms with Gasteiger partial charge in [-0.25, -0.2) is 0 Å². The Bertz CT molecular complexity index is 213. The van der Waals surface area contributed by atoms with Crippen LogP contribution in [0.5, 0.6) is 0 Å². The zero-order valence-electron chi connectivity index (χ0n) is 9.54. The van der Waals surface area contributed by atoms with Crippen LogP contribution >= 0.6 is 0 Å². The second-order valence-electron chi connectivity index (χ2n) is 5.05. The average Bonchev–Trinajstić information content (AvgIpc) is 2.56. The van der Waals surface area contributed by atoms with E-state index in [4.69, 9.17) is 4.74 Å². The van der Waals surface area contributed by atoms with Crippen LogP contribution in [-0.2, 0) is 9.53 Å². The maximum Gasteiger partial charge on any atom is 0.309 e. The average molecular weight is 210 g/mol. The summed E-state index contributed by atoms with van der Waals surface area (Å²) in [6.07, 6.45) is 11.6. The lowest BCUT2D eigenvalue weighted by Gasteiger charge is -2.13. The van der Waals surface area contributed by atoms with Crippen LogP contribution in [0.25, 0.3) is 0 Å². The molecule has 0 radical (unpaired) electrons. The van der Waals surface area contributed by atoms with Gasteiger partial charge in [0.1, 0.15) is 0 Å². The van der Waals surface area contributed by atoms with Gasteiger partial charge in [0, 0.05) is 5.92 Å². The molecule has 2 rings (SSSR count). The van der Waals surface area contributed by atoms with Crippen molar-refractivity contribution in [2.24, 2.45) is 11.8 Å². The SMILES string of the molecule is O=C1OCC2CCCCCCCCCC12. The number of fused-ring (bicyclic) bond motifs is 1. The molecule has 1 aliphatic carbocycles. The minimum Gasteiger partial charge on any atom is -0.465 e. The highest BCUT2D eigenvalue weighted by Gasteiger charge is 2.35. The zero-order chi connectivity index (χ0) is 10.5. The van der Waals surface area contributed by atoms with Gasteiger partial charge in [-0.15, -0.1) is 0 Å². The molecular weight excluding hydrogens is 188 g/mol. The molecule has 1 aliphatic heterocycles. The van der Waals surface area contributed by atoms with Crippen molar-refractivity contribution in [2.75, 3.05) is 6.61 Å². The van der Waals surface area contributed by atoms with Crippen molar-refractivity contribution in [3.63, 3.8) is 0 Å². The van der Waals surface area contributed by atoms with E-state index in [1.807, 2.05) is 0 Å². The lowest BCUT2D eigenvalue weighted by atomic mass is 9.87. The first-order valence-corrected chi connectivity index (χ1v) is 6.54. The summed E-state index contributed by atoms with van der Waals surface area (Å²) in [5.74, 6) is 0.859. The number of cyclic esters (lactones) is 1. The summed E-state index contributed by atoms with van der Waals surface area (Å²) in [4.78, 5) is 11.5. The van der Waals surface area contributed by atoms with Crippen LogP contribution in [0.15, 0.2) is 0 Å². The van der Waals surface area contributed by atoms with Gasteiger partial charge in [0.15, 0.2) is 0 Å². The number of esters is 1. The van der Waals surface area contributed by atoms with Gasteiger partial charge in [-0.2, -0.15) is 0 Å². The van der Waals surface area contributed by atoms with Crippen LogP contribution in [0.2, 0.25) is 0 Å². The smallest absolute Gasteiger partial charge is 0.309 e. The van der Waals surface area contributed by atoms with Crippen molar-refractivity contribution in [3.8, 4) is 0 Å². The number of carbonyl (C=O) groups excluding carboxylic acids is 1. The summed E-state index contributed by atoms with van der Waals surface area (Å²) in [5.41, 5.74) is 0. The Morgan fingerprint density at radius 2 is 1.47 bits per heavy atom. The zero-order valence-corrected chi connectivity index (χ0v) is 9.54. The second kappa shape index (κ2) is 5.53. The van der Waals surface area contributed by atoms with Crippen molar-refractivity contribution in [3.05, 3.63) is 0 Å². The molecule has 1 heterocycles. The van der Waals surface area contributed by atoms with Gasteiger partial charge in [-0.1, -0.05) is 44.9 Å². The highest BCUT2D eigenvalue weighted by atomic mass is 16.5. The Kier molecular flexibility index (Phi) is 4.04. The van der Waals surface area contributed by atoms with E-state index in [0.29, 0.717) is 12.5 Å². The molecule has 0 amide bonds. The Balaban J connectivity index is 1.89. The molecule has 86 valence electrons. The van der Waals surface area contributed by atoms with E-state index in [0.717, 1.165) is 6.42 Å². The predicted molar refractivity (Wildman–Crippen MR) is 59.5 cm³/mol. The van der Waals surface area contributed by atoms with E-state index in [1.54, 1.807) is 0 Å². The molecule has 0 N–H and O–H groups in total. The lowest BCUT2D eigenvalue weighted by Crippen LogP contribution is -2.15. The fourth-order valence-corrected chi connectivity index (χ4v) is 2.90. The largest absolute Gasteiger partial charge is 0.465 e. The molecule has 1 saturated carbocycles. The summed E-state index contributed by atoms with van der Waals surface area (Å²) in [6.45, 7) is 0.698. The van der Waals surface area contributed by atoms with Crippen LogP contribution in [0, 0.1) is 11.8 Å². The van der Waals surface area contributed by atoms with Gasteiger partial charge in [0.05, 0.1) is 12.5 Å². The summed E-state index contributed by atoms with van der Waals surface area (Å²) in [7, 11) is 0. The third-order valence-electron chi connectivity index (χ3n) is 3.90. The lowest BCUT2D eigenvalue weighted by molar-refractivity contribution is -0.141. The predicted octanol–water partition coefficient (Wildman–Crippen LogP) is 3.30. The van der Waals surface area contributed by atoms with Gasteiger partial charge < -0.3 is 4.74 Å². The van der Waals surface area contributed by atoms with Crippen LogP contribution in [0.3, 0.4) is 0 Å². The molecule has 0 spiro atoms. The molecule has 0 aromatic heterocycles. The molecule has 2 unspecified atom stereocenters. The van der Waals surface area contributed by atoms with Gasteiger partial charge >= 0.3 is 5.97 Å². The minimum absolute atomic E-state index is 0.0826. The van der Waals surface area contributed by atoms with E-state index < -0.39 is 0 Å². The standard InChI is InChI=1S/C13H22O2/c14-13-12-9-7-5-3-1-2-4-6-8-11(12)10-15-13/h11-12H,1-10H2. The molecular formula is C13H22O2. The molecule has 0 aromatic rings. The summed E-state index contributed by atoms with van der Waals surface area (Å²) < 4.78 is 5.18. The summed E-state index contributed by atoms with van der Waals surface area (Å²) in [5, 5.41) is 0. The van der Waals surface area contributed by atoms with Crippen molar-refractivity contribution in [1.82, 2.24) is 0 Å². The van der Waals surface area contributed by atoms with Crippen LogP contribution < -0.4 is 0 Å². The first-order valence-electron chi connectivity index (χ1n) is 6.54. The molecule has 2 fully saturated rings. The van der Waals surface area contributed by atoms with E-state index in [-0.39, 0.29) is 11.9 Å². The number of carbonyl (C=O) groups is 1. The molecule has 2 aliphatic rings. The number of ether oxygens (including phenoxy) is 1. The van der Waals surface area contributed by atoms with E-state index in [2.05, 4.69) is 0 Å². The van der Waals surface area contributed by atoms with Crippen LogP contribution in [0.4, 0.5) is 0 Å². The first-order chi connectivity index (χ1) is 7.38. The highest BCUT2D eigenvalue weighted by molar-refractivity contribution is 5.74. The minimum atomic E-state index is 0.0826. The molecule has 2 heteroatoms. The third kappa shape index (κ3) is 2.96.